The van der Waals surface area contributed by atoms with E-state index in [4.69, 9.17) is 16.3 Å². The van der Waals surface area contributed by atoms with Gasteiger partial charge in [0.25, 0.3) is 0 Å². The van der Waals surface area contributed by atoms with Crippen molar-refractivity contribution in [1.82, 2.24) is 9.78 Å². The maximum atomic E-state index is 9.24. The average Bonchev–Trinajstić information content (AvgIpc) is 3.24. The second-order valence-corrected chi connectivity index (χ2v) is 5.13. The van der Waals surface area contributed by atoms with E-state index in [0.717, 1.165) is 30.0 Å². The highest BCUT2D eigenvalue weighted by Gasteiger charge is 2.31. The number of rotatable bonds is 4. The van der Waals surface area contributed by atoms with Crippen LogP contribution in [0.25, 0.3) is 5.69 Å². The number of aromatic nitrogens is 2. The molecule has 0 bridgehead atoms. The van der Waals surface area contributed by atoms with Gasteiger partial charge in [-0.25, -0.2) is 4.68 Å². The van der Waals surface area contributed by atoms with E-state index in [1.54, 1.807) is 4.68 Å². The molecule has 1 heterocycles. The van der Waals surface area contributed by atoms with Gasteiger partial charge in [0.15, 0.2) is 5.15 Å². The normalized spacial score (nSPS) is 14.1. The van der Waals surface area contributed by atoms with Crippen LogP contribution in [-0.4, -0.2) is 16.4 Å². The van der Waals surface area contributed by atoms with Crippen LogP contribution in [0.5, 0.6) is 5.75 Å². The monoisotopic (exact) mass is 287 g/mol. The first kappa shape index (κ1) is 13.0. The third kappa shape index (κ3) is 2.25. The Morgan fingerprint density at radius 3 is 2.65 bits per heavy atom. The van der Waals surface area contributed by atoms with Crippen molar-refractivity contribution >= 4 is 11.6 Å². The molecule has 0 aliphatic heterocycles. The Hall–Kier alpha value is -1.99. The van der Waals surface area contributed by atoms with Crippen LogP contribution in [0.2, 0.25) is 5.15 Å². The lowest BCUT2D eigenvalue weighted by atomic mass is 10.2. The molecule has 1 fully saturated rings. The third-order valence-electron chi connectivity index (χ3n) is 3.32. The molecule has 2 aromatic rings. The molecular formula is C15H14ClN3O. The Morgan fingerprint density at radius 2 is 2.10 bits per heavy atom. The van der Waals surface area contributed by atoms with Gasteiger partial charge in [-0.1, -0.05) is 11.6 Å². The molecule has 20 heavy (non-hydrogen) atoms. The molecule has 0 unspecified atom stereocenters. The molecule has 0 atom stereocenters. The summed E-state index contributed by atoms with van der Waals surface area (Å²) in [6.07, 6.45) is 2.18. The minimum absolute atomic E-state index is 0.388. The smallest absolute Gasteiger partial charge is 0.150 e. The van der Waals surface area contributed by atoms with Crippen molar-refractivity contribution in [2.45, 2.75) is 25.7 Å². The summed E-state index contributed by atoms with van der Waals surface area (Å²) in [5, 5.41) is 14.1. The quantitative estimate of drug-likeness (QED) is 0.862. The Labute approximate surface area is 122 Å². The van der Waals surface area contributed by atoms with Crippen LogP contribution in [0.15, 0.2) is 24.3 Å². The van der Waals surface area contributed by atoms with Crippen LogP contribution in [0.4, 0.5) is 0 Å². The second kappa shape index (κ2) is 5.18. The predicted molar refractivity (Wildman–Crippen MR) is 76.4 cm³/mol. The molecule has 3 rings (SSSR count). The van der Waals surface area contributed by atoms with Gasteiger partial charge in [-0.15, -0.1) is 0 Å². The number of nitrogens with zero attached hydrogens (tertiary/aromatic N) is 3. The Bertz CT molecular complexity index is 666. The van der Waals surface area contributed by atoms with Crippen LogP contribution in [0.3, 0.4) is 0 Å². The van der Waals surface area contributed by atoms with Crippen LogP contribution < -0.4 is 4.74 Å². The zero-order valence-corrected chi connectivity index (χ0v) is 11.9. The molecular weight excluding hydrogens is 274 g/mol. The van der Waals surface area contributed by atoms with Crippen LogP contribution in [-0.2, 0) is 0 Å². The molecule has 5 heteroatoms. The Kier molecular flexibility index (Phi) is 3.37. The van der Waals surface area contributed by atoms with Gasteiger partial charge in [0.05, 0.1) is 18.0 Å². The summed E-state index contributed by atoms with van der Waals surface area (Å²) in [5.74, 6) is 1.20. The van der Waals surface area contributed by atoms with Crippen LogP contribution >= 0.6 is 11.6 Å². The summed E-state index contributed by atoms with van der Waals surface area (Å²) in [7, 11) is 0. The lowest BCUT2D eigenvalue weighted by Gasteiger charge is -2.05. The van der Waals surface area contributed by atoms with Gasteiger partial charge in [-0.2, -0.15) is 10.4 Å². The summed E-state index contributed by atoms with van der Waals surface area (Å²) in [4.78, 5) is 0. The van der Waals surface area contributed by atoms with Crippen molar-refractivity contribution in [2.75, 3.05) is 6.61 Å². The van der Waals surface area contributed by atoms with E-state index in [2.05, 4.69) is 11.2 Å². The van der Waals surface area contributed by atoms with Gasteiger partial charge in [0, 0.05) is 5.92 Å². The maximum absolute atomic E-state index is 9.24. The van der Waals surface area contributed by atoms with E-state index < -0.39 is 0 Å². The number of halogens is 1. The van der Waals surface area contributed by atoms with Crippen molar-refractivity contribution in [3.05, 3.63) is 40.7 Å². The van der Waals surface area contributed by atoms with E-state index >= 15 is 0 Å². The number of hydrogen-bond acceptors (Lipinski definition) is 3. The number of ether oxygens (including phenoxy) is 1. The molecule has 0 amide bonds. The van der Waals surface area contributed by atoms with E-state index in [9.17, 15) is 5.26 Å². The van der Waals surface area contributed by atoms with E-state index in [0.29, 0.717) is 23.2 Å². The molecule has 4 nitrogen and oxygen atoms in total. The molecule has 0 N–H and O–H groups in total. The molecule has 0 radical (unpaired) electrons. The van der Waals surface area contributed by atoms with Gasteiger partial charge in [-0.05, 0) is 44.0 Å². The molecule has 1 saturated carbocycles. The van der Waals surface area contributed by atoms with Gasteiger partial charge in [0.1, 0.15) is 17.4 Å². The Balaban J connectivity index is 1.99. The molecule has 0 spiro atoms. The van der Waals surface area contributed by atoms with E-state index in [1.807, 2.05) is 31.2 Å². The largest absolute Gasteiger partial charge is 0.494 e. The lowest BCUT2D eigenvalue weighted by molar-refractivity contribution is 0.340. The zero-order chi connectivity index (χ0) is 14.1. The van der Waals surface area contributed by atoms with Crippen molar-refractivity contribution in [1.29, 1.82) is 5.26 Å². The summed E-state index contributed by atoms with van der Waals surface area (Å²) in [5.41, 5.74) is 2.16. The van der Waals surface area contributed by atoms with Gasteiger partial charge < -0.3 is 4.74 Å². The standard InChI is InChI=1S/C15H14ClN3O/c1-2-20-12-7-5-11(6-8-12)19-15(16)13(9-17)14(18-19)10-3-4-10/h5-8,10H,2-4H2,1H3. The van der Waals surface area contributed by atoms with E-state index in [-0.39, 0.29) is 0 Å². The minimum Gasteiger partial charge on any atom is -0.494 e. The fourth-order valence-electron chi connectivity index (χ4n) is 2.18. The highest BCUT2D eigenvalue weighted by molar-refractivity contribution is 6.31. The first-order valence-corrected chi connectivity index (χ1v) is 7.04. The van der Waals surface area contributed by atoms with Crippen molar-refractivity contribution in [2.24, 2.45) is 0 Å². The Morgan fingerprint density at radius 1 is 1.40 bits per heavy atom. The fourth-order valence-corrected chi connectivity index (χ4v) is 2.45. The van der Waals surface area contributed by atoms with Crippen molar-refractivity contribution in [3.8, 4) is 17.5 Å². The van der Waals surface area contributed by atoms with Gasteiger partial charge >= 0.3 is 0 Å². The molecule has 1 aliphatic rings. The SMILES string of the molecule is CCOc1ccc(-n2nc(C3CC3)c(C#N)c2Cl)cc1. The molecule has 1 aromatic carbocycles. The fraction of sp³-hybridized carbons (Fsp3) is 0.333. The molecule has 1 aromatic heterocycles. The summed E-state index contributed by atoms with van der Waals surface area (Å²) in [6.45, 7) is 2.58. The highest BCUT2D eigenvalue weighted by atomic mass is 35.5. The summed E-state index contributed by atoms with van der Waals surface area (Å²) >= 11 is 6.28. The number of benzene rings is 1. The van der Waals surface area contributed by atoms with Gasteiger partial charge in [0.2, 0.25) is 0 Å². The first-order chi connectivity index (χ1) is 9.74. The molecule has 1 aliphatic carbocycles. The van der Waals surface area contributed by atoms with Crippen molar-refractivity contribution in [3.63, 3.8) is 0 Å². The number of nitriles is 1. The third-order valence-corrected chi connectivity index (χ3v) is 3.67. The second-order valence-electron chi connectivity index (χ2n) is 4.78. The minimum atomic E-state index is 0.388. The average molecular weight is 288 g/mol. The number of hydrogen-bond donors (Lipinski definition) is 0. The van der Waals surface area contributed by atoms with Crippen LogP contribution in [0, 0.1) is 11.3 Å². The predicted octanol–water partition coefficient (Wildman–Crippen LogP) is 3.67. The lowest BCUT2D eigenvalue weighted by Crippen LogP contribution is -1.98. The van der Waals surface area contributed by atoms with Crippen molar-refractivity contribution < 1.29 is 4.74 Å². The topological polar surface area (TPSA) is 50.8 Å². The van der Waals surface area contributed by atoms with E-state index in [1.165, 1.54) is 0 Å². The highest BCUT2D eigenvalue weighted by Crippen LogP contribution is 2.42. The molecule has 102 valence electrons. The first-order valence-electron chi connectivity index (χ1n) is 6.66. The summed E-state index contributed by atoms with van der Waals surface area (Å²) < 4.78 is 7.04. The van der Waals surface area contributed by atoms with Crippen LogP contribution in [0.1, 0.15) is 36.9 Å². The zero-order valence-electron chi connectivity index (χ0n) is 11.1. The maximum Gasteiger partial charge on any atom is 0.150 e. The van der Waals surface area contributed by atoms with Gasteiger partial charge in [-0.3, -0.25) is 0 Å². The summed E-state index contributed by atoms with van der Waals surface area (Å²) in [6, 6.07) is 9.70. The molecule has 0 saturated heterocycles.